The summed E-state index contributed by atoms with van der Waals surface area (Å²) in [4.78, 5) is 11.4. The van der Waals surface area contributed by atoms with Crippen LogP contribution in [0.5, 0.6) is 5.75 Å². The summed E-state index contributed by atoms with van der Waals surface area (Å²) in [5, 5.41) is 11.1. The van der Waals surface area contributed by atoms with E-state index in [-0.39, 0.29) is 0 Å². The van der Waals surface area contributed by atoms with E-state index >= 15 is 0 Å². The van der Waals surface area contributed by atoms with Crippen LogP contribution in [-0.2, 0) is 4.74 Å². The molecule has 0 aliphatic carbocycles. The fourth-order valence-corrected chi connectivity index (χ4v) is 1.54. The molecule has 118 valence electrons. The molecular weight excluding hydrogens is 280 g/mol. The number of ether oxygens (including phenoxy) is 2. The second kappa shape index (κ2) is 8.73. The Kier molecular flexibility index (Phi) is 6.97. The third-order valence-electron chi connectivity index (χ3n) is 2.44. The van der Waals surface area contributed by atoms with Crippen molar-refractivity contribution in [3.05, 3.63) is 35.9 Å². The zero-order chi connectivity index (χ0) is 16.4. The summed E-state index contributed by atoms with van der Waals surface area (Å²) in [5.74, 6) is 0.735. The highest BCUT2D eigenvalue weighted by atomic mass is 16.6. The molecule has 0 aromatic heterocycles. The van der Waals surface area contributed by atoms with E-state index in [1.165, 1.54) is 0 Å². The summed E-state index contributed by atoms with van der Waals surface area (Å²) in [6.07, 6.45) is 3.68. The Bertz CT molecular complexity index is 537. The number of nitrogens with one attached hydrogen (secondary N) is 1. The van der Waals surface area contributed by atoms with E-state index in [4.69, 9.17) is 14.7 Å². The zero-order valence-electron chi connectivity index (χ0n) is 13.3. The number of alkyl carbamates (subject to hydrolysis) is 1. The lowest BCUT2D eigenvalue weighted by Crippen LogP contribution is -2.32. The number of amides is 1. The lowest BCUT2D eigenvalue weighted by Gasteiger charge is -2.19. The maximum Gasteiger partial charge on any atom is 0.407 e. The van der Waals surface area contributed by atoms with Gasteiger partial charge in [0, 0.05) is 6.54 Å². The second-order valence-electron chi connectivity index (χ2n) is 5.61. The third kappa shape index (κ3) is 7.95. The van der Waals surface area contributed by atoms with Gasteiger partial charge in [0.25, 0.3) is 0 Å². The summed E-state index contributed by atoms with van der Waals surface area (Å²) >= 11 is 0. The van der Waals surface area contributed by atoms with Crippen molar-refractivity contribution < 1.29 is 14.3 Å². The first-order valence-electron chi connectivity index (χ1n) is 7.14. The first-order valence-corrected chi connectivity index (χ1v) is 7.14. The Morgan fingerprint density at radius 1 is 1.32 bits per heavy atom. The topological polar surface area (TPSA) is 71.3 Å². The van der Waals surface area contributed by atoms with E-state index in [2.05, 4.69) is 5.32 Å². The van der Waals surface area contributed by atoms with Gasteiger partial charge in [-0.2, -0.15) is 5.26 Å². The van der Waals surface area contributed by atoms with Gasteiger partial charge in [0.2, 0.25) is 0 Å². The van der Waals surface area contributed by atoms with Crippen molar-refractivity contribution in [2.24, 2.45) is 0 Å². The number of benzene rings is 1. The molecule has 0 aliphatic rings. The van der Waals surface area contributed by atoms with Crippen molar-refractivity contribution >= 4 is 12.2 Å². The lowest BCUT2D eigenvalue weighted by molar-refractivity contribution is 0.0534. The Morgan fingerprint density at radius 2 is 2.00 bits per heavy atom. The first kappa shape index (κ1) is 17.6. The Balaban J connectivity index is 2.34. The van der Waals surface area contributed by atoms with Crippen LogP contribution in [-0.4, -0.2) is 24.8 Å². The van der Waals surface area contributed by atoms with E-state index in [9.17, 15) is 4.79 Å². The molecule has 5 nitrogen and oxygen atoms in total. The molecule has 0 fully saturated rings. The zero-order valence-corrected chi connectivity index (χ0v) is 13.3. The highest BCUT2D eigenvalue weighted by Crippen LogP contribution is 2.13. The number of hydrogen-bond acceptors (Lipinski definition) is 4. The van der Waals surface area contributed by atoms with Gasteiger partial charge >= 0.3 is 6.09 Å². The Labute approximate surface area is 131 Å². The minimum Gasteiger partial charge on any atom is -0.493 e. The van der Waals surface area contributed by atoms with Crippen LogP contribution in [0.15, 0.2) is 30.3 Å². The van der Waals surface area contributed by atoms with Gasteiger partial charge < -0.3 is 14.8 Å². The minimum atomic E-state index is -0.491. The molecule has 0 saturated heterocycles. The fraction of sp³-hybridized carbons (Fsp3) is 0.412. The molecule has 5 heteroatoms. The van der Waals surface area contributed by atoms with Crippen LogP contribution in [0.25, 0.3) is 6.08 Å². The van der Waals surface area contributed by atoms with Gasteiger partial charge in [-0.3, -0.25) is 0 Å². The van der Waals surface area contributed by atoms with Crippen molar-refractivity contribution in [2.75, 3.05) is 13.2 Å². The summed E-state index contributed by atoms with van der Waals surface area (Å²) in [6, 6.07) is 9.53. The van der Waals surface area contributed by atoms with Gasteiger partial charge in [0.05, 0.1) is 12.5 Å². The van der Waals surface area contributed by atoms with E-state index in [0.717, 1.165) is 11.3 Å². The maximum absolute atomic E-state index is 11.4. The van der Waals surface area contributed by atoms with Crippen molar-refractivity contribution in [3.8, 4) is 11.8 Å². The van der Waals surface area contributed by atoms with Gasteiger partial charge in [0.15, 0.2) is 0 Å². The SMILES string of the molecule is CC(C)(C)OC(=O)NCC=Cc1ccc(OCCC#N)cc1. The Morgan fingerprint density at radius 3 is 2.59 bits per heavy atom. The number of carbonyl (C=O) groups excluding carboxylic acids is 1. The monoisotopic (exact) mass is 302 g/mol. The lowest BCUT2D eigenvalue weighted by atomic mass is 10.2. The molecule has 22 heavy (non-hydrogen) atoms. The highest BCUT2D eigenvalue weighted by Gasteiger charge is 2.14. The van der Waals surface area contributed by atoms with E-state index in [1.54, 1.807) is 0 Å². The van der Waals surface area contributed by atoms with Crippen molar-refractivity contribution in [1.82, 2.24) is 5.32 Å². The van der Waals surface area contributed by atoms with Crippen LogP contribution in [0.1, 0.15) is 32.8 Å². The molecule has 0 aliphatic heterocycles. The van der Waals surface area contributed by atoms with Crippen molar-refractivity contribution in [1.29, 1.82) is 5.26 Å². The van der Waals surface area contributed by atoms with Gasteiger partial charge in [0.1, 0.15) is 18.0 Å². The molecule has 1 aromatic carbocycles. The number of rotatable bonds is 6. The van der Waals surface area contributed by atoms with Gasteiger partial charge in [-0.15, -0.1) is 0 Å². The normalized spacial score (nSPS) is 11.0. The third-order valence-corrected chi connectivity index (χ3v) is 2.44. The second-order valence-corrected chi connectivity index (χ2v) is 5.61. The smallest absolute Gasteiger partial charge is 0.407 e. The summed E-state index contributed by atoms with van der Waals surface area (Å²) < 4.78 is 10.5. The molecule has 0 saturated carbocycles. The molecule has 0 radical (unpaired) electrons. The van der Waals surface area contributed by atoms with Crippen LogP contribution in [0.4, 0.5) is 4.79 Å². The fourth-order valence-electron chi connectivity index (χ4n) is 1.54. The molecular formula is C17H22N2O3. The van der Waals surface area contributed by atoms with Crippen LogP contribution < -0.4 is 10.1 Å². The first-order chi connectivity index (χ1) is 10.4. The van der Waals surface area contributed by atoms with Gasteiger partial charge in [-0.05, 0) is 38.5 Å². The van der Waals surface area contributed by atoms with Crippen LogP contribution in [0.2, 0.25) is 0 Å². The minimum absolute atomic E-state index is 0.373. The van der Waals surface area contributed by atoms with Crippen molar-refractivity contribution in [2.45, 2.75) is 32.8 Å². The van der Waals surface area contributed by atoms with E-state index in [0.29, 0.717) is 19.6 Å². The predicted molar refractivity (Wildman–Crippen MR) is 85.4 cm³/mol. The van der Waals surface area contributed by atoms with E-state index in [1.807, 2.05) is 63.3 Å². The number of carbonyl (C=O) groups is 1. The quantitative estimate of drug-likeness (QED) is 0.816. The number of nitrogens with zero attached hydrogens (tertiary/aromatic N) is 1. The molecule has 0 atom stereocenters. The summed E-state index contributed by atoms with van der Waals surface area (Å²) in [7, 11) is 0. The van der Waals surface area contributed by atoms with Gasteiger partial charge in [-0.1, -0.05) is 24.3 Å². The van der Waals surface area contributed by atoms with Crippen LogP contribution in [0.3, 0.4) is 0 Å². The molecule has 1 rings (SSSR count). The average molecular weight is 302 g/mol. The summed E-state index contributed by atoms with van der Waals surface area (Å²) in [5.41, 5.74) is 0.508. The molecule has 1 amide bonds. The molecule has 0 bridgehead atoms. The van der Waals surface area contributed by atoms with Crippen LogP contribution in [0, 0.1) is 11.3 Å². The van der Waals surface area contributed by atoms with Crippen molar-refractivity contribution in [3.63, 3.8) is 0 Å². The van der Waals surface area contributed by atoms with Gasteiger partial charge in [-0.25, -0.2) is 4.79 Å². The Hall–Kier alpha value is -2.48. The maximum atomic E-state index is 11.4. The largest absolute Gasteiger partial charge is 0.493 e. The summed E-state index contributed by atoms with van der Waals surface area (Å²) in [6.45, 7) is 6.26. The number of nitriles is 1. The average Bonchev–Trinajstić information content (AvgIpc) is 2.43. The molecule has 1 aromatic rings. The van der Waals surface area contributed by atoms with E-state index < -0.39 is 11.7 Å². The molecule has 0 spiro atoms. The molecule has 0 unspecified atom stereocenters. The predicted octanol–water partition coefficient (Wildman–Crippen LogP) is 3.52. The van der Waals surface area contributed by atoms with Crippen LogP contribution >= 0.6 is 0 Å². The number of hydrogen-bond donors (Lipinski definition) is 1. The standard InChI is InChI=1S/C17H22N2O3/c1-17(2,3)22-16(20)19-12-4-6-14-7-9-15(10-8-14)21-13-5-11-18/h4,6-10H,5,12-13H2,1-3H3,(H,19,20). The molecule has 1 N–H and O–H groups in total. The molecule has 0 heterocycles. The highest BCUT2D eigenvalue weighted by molar-refractivity contribution is 5.68.